The number of anilines is 1. The maximum atomic E-state index is 12.0. The van der Waals surface area contributed by atoms with E-state index in [0.29, 0.717) is 24.7 Å². The zero-order valence-electron chi connectivity index (χ0n) is 13.3. The van der Waals surface area contributed by atoms with Gasteiger partial charge in [-0.15, -0.1) is 0 Å². The molecule has 2 aliphatic rings. The van der Waals surface area contributed by atoms with Crippen LogP contribution in [0.15, 0.2) is 12.4 Å². The number of piperazine rings is 1. The SMILES string of the molecule is CN1CCN(C(=O)CNC(=O)Nc2cnc(C3CC3)nc2)CC1. The van der Waals surface area contributed by atoms with Gasteiger partial charge in [0.15, 0.2) is 0 Å². The smallest absolute Gasteiger partial charge is 0.319 e. The lowest BCUT2D eigenvalue weighted by Gasteiger charge is -2.32. The molecule has 1 aromatic heterocycles. The summed E-state index contributed by atoms with van der Waals surface area (Å²) in [4.78, 5) is 36.3. The number of hydrogen-bond acceptors (Lipinski definition) is 5. The van der Waals surface area contributed by atoms with E-state index in [9.17, 15) is 9.59 Å². The molecule has 0 atom stereocenters. The third kappa shape index (κ3) is 4.38. The van der Waals surface area contributed by atoms with Crippen molar-refractivity contribution in [3.8, 4) is 0 Å². The fourth-order valence-corrected chi connectivity index (χ4v) is 2.45. The van der Waals surface area contributed by atoms with Crippen LogP contribution in [0.25, 0.3) is 0 Å². The Hall–Kier alpha value is -2.22. The van der Waals surface area contributed by atoms with Gasteiger partial charge in [-0.3, -0.25) is 4.79 Å². The molecule has 8 nitrogen and oxygen atoms in total. The molecule has 23 heavy (non-hydrogen) atoms. The maximum absolute atomic E-state index is 12.0. The zero-order valence-corrected chi connectivity index (χ0v) is 13.3. The molecule has 0 aromatic carbocycles. The van der Waals surface area contributed by atoms with Crippen LogP contribution in [0.3, 0.4) is 0 Å². The van der Waals surface area contributed by atoms with E-state index in [2.05, 4.69) is 25.5 Å². The second kappa shape index (κ2) is 6.91. The van der Waals surface area contributed by atoms with Crippen LogP contribution < -0.4 is 10.6 Å². The number of nitrogens with one attached hydrogen (secondary N) is 2. The summed E-state index contributed by atoms with van der Waals surface area (Å²) in [5.41, 5.74) is 0.527. The van der Waals surface area contributed by atoms with Gasteiger partial charge < -0.3 is 20.4 Å². The number of rotatable bonds is 4. The van der Waals surface area contributed by atoms with Gasteiger partial charge in [-0.25, -0.2) is 14.8 Å². The topological polar surface area (TPSA) is 90.5 Å². The summed E-state index contributed by atoms with van der Waals surface area (Å²) in [5, 5.41) is 5.22. The molecule has 2 fully saturated rings. The Kier molecular flexibility index (Phi) is 4.71. The van der Waals surface area contributed by atoms with Crippen LogP contribution in [0.2, 0.25) is 0 Å². The molecule has 0 radical (unpaired) electrons. The Labute approximate surface area is 135 Å². The standard InChI is InChI=1S/C15H22N6O2/c1-20-4-6-21(7-5-20)13(22)10-18-15(23)19-12-8-16-14(17-9-12)11-2-3-11/h8-9,11H,2-7,10H2,1H3,(H2,18,19,23). The molecule has 1 saturated heterocycles. The van der Waals surface area contributed by atoms with Crippen LogP contribution in [0.1, 0.15) is 24.6 Å². The summed E-state index contributed by atoms with van der Waals surface area (Å²) in [5.74, 6) is 1.26. The van der Waals surface area contributed by atoms with Crippen molar-refractivity contribution < 1.29 is 9.59 Å². The van der Waals surface area contributed by atoms with Gasteiger partial charge in [-0.1, -0.05) is 0 Å². The van der Waals surface area contributed by atoms with Crippen LogP contribution in [0, 0.1) is 0 Å². The van der Waals surface area contributed by atoms with Crippen LogP contribution in [-0.4, -0.2) is 71.5 Å². The maximum Gasteiger partial charge on any atom is 0.319 e. The summed E-state index contributed by atoms with van der Waals surface area (Å²) in [6, 6.07) is -0.421. The fourth-order valence-electron chi connectivity index (χ4n) is 2.45. The zero-order chi connectivity index (χ0) is 16.2. The van der Waals surface area contributed by atoms with E-state index < -0.39 is 6.03 Å². The number of carbonyl (C=O) groups excluding carboxylic acids is 2. The summed E-state index contributed by atoms with van der Waals surface area (Å²) >= 11 is 0. The minimum absolute atomic E-state index is 0.00341. The second-order valence-corrected chi connectivity index (χ2v) is 6.10. The van der Waals surface area contributed by atoms with Crippen LogP contribution in [0.5, 0.6) is 0 Å². The van der Waals surface area contributed by atoms with E-state index in [1.54, 1.807) is 17.3 Å². The van der Waals surface area contributed by atoms with E-state index in [1.165, 1.54) is 0 Å². The first-order valence-electron chi connectivity index (χ1n) is 7.95. The molecule has 8 heteroatoms. The number of carbonyl (C=O) groups is 2. The average Bonchev–Trinajstić information content (AvgIpc) is 3.39. The summed E-state index contributed by atoms with van der Waals surface area (Å²) in [7, 11) is 2.03. The lowest BCUT2D eigenvalue weighted by molar-refractivity contribution is -0.131. The van der Waals surface area contributed by atoms with E-state index in [0.717, 1.165) is 31.8 Å². The van der Waals surface area contributed by atoms with Crippen molar-refractivity contribution in [2.24, 2.45) is 0 Å². The molecule has 2 heterocycles. The highest BCUT2D eigenvalue weighted by molar-refractivity contribution is 5.92. The lowest BCUT2D eigenvalue weighted by Crippen LogP contribution is -2.50. The van der Waals surface area contributed by atoms with Gasteiger partial charge in [-0.05, 0) is 19.9 Å². The van der Waals surface area contributed by atoms with Crippen LogP contribution in [-0.2, 0) is 4.79 Å². The molecule has 3 amide bonds. The monoisotopic (exact) mass is 318 g/mol. The first-order valence-corrected chi connectivity index (χ1v) is 7.95. The highest BCUT2D eigenvalue weighted by Gasteiger charge is 2.26. The fraction of sp³-hybridized carbons (Fsp3) is 0.600. The van der Waals surface area contributed by atoms with Crippen molar-refractivity contribution in [1.82, 2.24) is 25.1 Å². The van der Waals surface area contributed by atoms with E-state index >= 15 is 0 Å². The second-order valence-electron chi connectivity index (χ2n) is 6.10. The molecule has 2 N–H and O–H groups in total. The molecule has 1 saturated carbocycles. The van der Waals surface area contributed by atoms with Crippen molar-refractivity contribution in [2.75, 3.05) is 45.1 Å². The van der Waals surface area contributed by atoms with Crippen molar-refractivity contribution >= 4 is 17.6 Å². The molecule has 1 aromatic rings. The van der Waals surface area contributed by atoms with Crippen molar-refractivity contribution in [3.63, 3.8) is 0 Å². The first-order chi connectivity index (χ1) is 11.1. The third-order valence-electron chi connectivity index (χ3n) is 4.13. The van der Waals surface area contributed by atoms with Crippen LogP contribution >= 0.6 is 0 Å². The summed E-state index contributed by atoms with van der Waals surface area (Å²) in [6.45, 7) is 3.13. The van der Waals surface area contributed by atoms with Gasteiger partial charge in [-0.2, -0.15) is 0 Å². The highest BCUT2D eigenvalue weighted by Crippen LogP contribution is 2.37. The predicted octanol–water partition coefficient (Wildman–Crippen LogP) is 0.250. The van der Waals surface area contributed by atoms with E-state index in [-0.39, 0.29) is 12.5 Å². The van der Waals surface area contributed by atoms with Gasteiger partial charge in [0.1, 0.15) is 5.82 Å². The Bertz CT molecular complexity index is 564. The van der Waals surface area contributed by atoms with E-state index in [1.807, 2.05) is 7.05 Å². The molecule has 3 rings (SSSR count). The minimum atomic E-state index is -0.421. The summed E-state index contributed by atoms with van der Waals surface area (Å²) in [6.07, 6.45) is 5.48. The van der Waals surface area contributed by atoms with Crippen molar-refractivity contribution in [1.29, 1.82) is 0 Å². The highest BCUT2D eigenvalue weighted by atomic mass is 16.2. The molecular weight excluding hydrogens is 296 g/mol. The Morgan fingerprint density at radius 2 is 1.83 bits per heavy atom. The number of likely N-dealkylation sites (N-methyl/N-ethyl adjacent to an activating group) is 1. The van der Waals surface area contributed by atoms with Gasteiger partial charge in [0.2, 0.25) is 5.91 Å². The molecular formula is C15H22N6O2. The summed E-state index contributed by atoms with van der Waals surface area (Å²) < 4.78 is 0. The molecule has 1 aliphatic carbocycles. The molecule has 1 aliphatic heterocycles. The number of nitrogens with zero attached hydrogens (tertiary/aromatic N) is 4. The molecule has 124 valence electrons. The lowest BCUT2D eigenvalue weighted by atomic mass is 10.3. The van der Waals surface area contributed by atoms with E-state index in [4.69, 9.17) is 0 Å². The molecule has 0 unspecified atom stereocenters. The number of hydrogen-bond donors (Lipinski definition) is 2. The third-order valence-corrected chi connectivity index (χ3v) is 4.13. The van der Waals surface area contributed by atoms with Crippen molar-refractivity contribution in [2.45, 2.75) is 18.8 Å². The Morgan fingerprint density at radius 3 is 2.43 bits per heavy atom. The van der Waals surface area contributed by atoms with Gasteiger partial charge in [0, 0.05) is 32.1 Å². The predicted molar refractivity (Wildman–Crippen MR) is 85.1 cm³/mol. The number of urea groups is 1. The number of aromatic nitrogens is 2. The quantitative estimate of drug-likeness (QED) is 0.830. The van der Waals surface area contributed by atoms with Crippen molar-refractivity contribution in [3.05, 3.63) is 18.2 Å². The van der Waals surface area contributed by atoms with Crippen LogP contribution in [0.4, 0.5) is 10.5 Å². The van der Waals surface area contributed by atoms with Gasteiger partial charge in [0.25, 0.3) is 0 Å². The largest absolute Gasteiger partial charge is 0.339 e. The van der Waals surface area contributed by atoms with Gasteiger partial charge in [0.05, 0.1) is 24.6 Å². The minimum Gasteiger partial charge on any atom is -0.339 e. The molecule has 0 spiro atoms. The molecule has 0 bridgehead atoms. The Morgan fingerprint density at radius 1 is 1.17 bits per heavy atom. The van der Waals surface area contributed by atoms with Gasteiger partial charge >= 0.3 is 6.03 Å². The number of amides is 3. The first kappa shape index (κ1) is 15.7. The Balaban J connectivity index is 1.41. The average molecular weight is 318 g/mol. The normalized spacial score (nSPS) is 18.6.